The van der Waals surface area contributed by atoms with Crippen molar-refractivity contribution >= 4 is 34.7 Å². The summed E-state index contributed by atoms with van der Waals surface area (Å²) in [5.41, 5.74) is 0.558. The zero-order valence-corrected chi connectivity index (χ0v) is 9.93. The molecule has 1 aromatic rings. The molecule has 0 aliphatic heterocycles. The van der Waals surface area contributed by atoms with E-state index >= 15 is 0 Å². The molecule has 0 N–H and O–H groups in total. The van der Waals surface area contributed by atoms with Crippen LogP contribution in [0.15, 0.2) is 22.7 Å². The molecule has 0 heterocycles. The van der Waals surface area contributed by atoms with Crippen molar-refractivity contribution in [1.82, 2.24) is 0 Å². The lowest BCUT2D eigenvalue weighted by Crippen LogP contribution is -2.06. The van der Waals surface area contributed by atoms with E-state index < -0.39 is 7.14 Å². The summed E-state index contributed by atoms with van der Waals surface area (Å²) in [4.78, 5) is 10.5. The highest BCUT2D eigenvalue weighted by Crippen LogP contribution is 2.37. The van der Waals surface area contributed by atoms with E-state index in [0.29, 0.717) is 5.56 Å². The van der Waals surface area contributed by atoms with Crippen LogP contribution in [0.25, 0.3) is 0 Å². The minimum atomic E-state index is -2.30. The number of benzene rings is 1. The highest BCUT2D eigenvalue weighted by atomic mass is 79.9. The van der Waals surface area contributed by atoms with Crippen LogP contribution in [-0.4, -0.2) is 19.6 Å². The van der Waals surface area contributed by atoms with E-state index in [9.17, 15) is 9.36 Å². The van der Waals surface area contributed by atoms with Gasteiger partial charge in [0.15, 0.2) is 0 Å². The predicted octanol–water partition coefficient (Wildman–Crippen LogP) is 2.51. The molecule has 1 rings (SSSR count). The van der Waals surface area contributed by atoms with Gasteiger partial charge >= 0.3 is 0 Å². The van der Waals surface area contributed by atoms with Gasteiger partial charge in [-0.1, -0.05) is 22.0 Å². The van der Waals surface area contributed by atoms with Crippen LogP contribution >= 0.6 is 23.1 Å². The number of halogens is 1. The molecule has 0 spiro atoms. The zero-order valence-electron chi connectivity index (χ0n) is 7.45. The molecule has 0 amide bonds. The van der Waals surface area contributed by atoms with Gasteiger partial charge in [-0.25, -0.2) is 0 Å². The van der Waals surface area contributed by atoms with Crippen LogP contribution in [0.4, 0.5) is 0 Å². The maximum Gasteiger partial charge on any atom is 0.150 e. The van der Waals surface area contributed by atoms with Gasteiger partial charge in [-0.2, -0.15) is 0 Å². The van der Waals surface area contributed by atoms with Crippen molar-refractivity contribution in [3.63, 3.8) is 0 Å². The maximum absolute atomic E-state index is 11.8. The quantitative estimate of drug-likeness (QED) is 0.605. The van der Waals surface area contributed by atoms with Gasteiger partial charge in [0.05, 0.1) is 0 Å². The molecular formula is C9H10BrO2P. The first-order valence-electron chi connectivity index (χ1n) is 3.75. The van der Waals surface area contributed by atoms with E-state index in [1.807, 2.05) is 0 Å². The van der Waals surface area contributed by atoms with Crippen LogP contribution < -0.4 is 5.30 Å². The van der Waals surface area contributed by atoms with Gasteiger partial charge in [0.25, 0.3) is 0 Å². The Hall–Kier alpha value is -0.400. The molecule has 0 atom stereocenters. The lowest BCUT2D eigenvalue weighted by atomic mass is 10.2. The second-order valence-corrected chi connectivity index (χ2v) is 7.22. The SMILES string of the molecule is CP(C)(=O)c1cc(C=O)ccc1Br. The van der Waals surface area contributed by atoms with Gasteiger partial charge in [-0.05, 0) is 25.5 Å². The number of carbonyl (C=O) groups excluding carboxylic acids is 1. The van der Waals surface area contributed by atoms with Gasteiger partial charge in [-0.15, -0.1) is 0 Å². The van der Waals surface area contributed by atoms with E-state index in [1.165, 1.54) is 0 Å². The smallest absolute Gasteiger partial charge is 0.150 e. The van der Waals surface area contributed by atoms with E-state index in [-0.39, 0.29) is 0 Å². The van der Waals surface area contributed by atoms with Gasteiger partial charge in [0.2, 0.25) is 0 Å². The first-order chi connectivity index (χ1) is 5.95. The number of hydrogen-bond acceptors (Lipinski definition) is 2. The third-order valence-electron chi connectivity index (χ3n) is 1.69. The molecule has 0 saturated carbocycles. The van der Waals surface area contributed by atoms with Crippen LogP contribution in [0.5, 0.6) is 0 Å². The largest absolute Gasteiger partial charge is 0.319 e. The first-order valence-corrected chi connectivity index (χ1v) is 7.15. The molecule has 0 aliphatic rings. The van der Waals surface area contributed by atoms with Gasteiger partial charge in [-0.3, -0.25) is 4.79 Å². The van der Waals surface area contributed by atoms with Gasteiger partial charge < -0.3 is 4.57 Å². The Balaban J connectivity index is 3.35. The van der Waals surface area contributed by atoms with Crippen LogP contribution in [0.1, 0.15) is 10.4 Å². The molecule has 2 nitrogen and oxygen atoms in total. The molecule has 13 heavy (non-hydrogen) atoms. The van der Waals surface area contributed by atoms with Crippen molar-refractivity contribution in [1.29, 1.82) is 0 Å². The van der Waals surface area contributed by atoms with Gasteiger partial charge in [0, 0.05) is 15.3 Å². The maximum atomic E-state index is 11.8. The average molecular weight is 261 g/mol. The lowest BCUT2D eigenvalue weighted by molar-refractivity contribution is 0.112. The molecule has 4 heteroatoms. The topological polar surface area (TPSA) is 34.1 Å². The van der Waals surface area contributed by atoms with E-state index in [4.69, 9.17) is 0 Å². The number of rotatable bonds is 2. The summed E-state index contributed by atoms with van der Waals surface area (Å²) >= 11 is 3.31. The molecule has 0 unspecified atom stereocenters. The lowest BCUT2D eigenvalue weighted by Gasteiger charge is -2.09. The summed E-state index contributed by atoms with van der Waals surface area (Å²) in [6, 6.07) is 5.10. The third kappa shape index (κ3) is 2.52. The van der Waals surface area contributed by atoms with Crippen molar-refractivity contribution < 1.29 is 9.36 Å². The Morgan fingerprint density at radius 2 is 2.00 bits per heavy atom. The minimum Gasteiger partial charge on any atom is -0.319 e. The highest BCUT2D eigenvalue weighted by molar-refractivity contribution is 9.10. The monoisotopic (exact) mass is 260 g/mol. The molecule has 0 aliphatic carbocycles. The van der Waals surface area contributed by atoms with E-state index in [1.54, 1.807) is 31.5 Å². The average Bonchev–Trinajstić information content (AvgIpc) is 2.03. The van der Waals surface area contributed by atoms with Crippen molar-refractivity contribution in [2.75, 3.05) is 13.3 Å². The number of hydrogen-bond donors (Lipinski definition) is 0. The molecule has 70 valence electrons. The fourth-order valence-electron chi connectivity index (χ4n) is 1.02. The van der Waals surface area contributed by atoms with Crippen molar-refractivity contribution in [3.8, 4) is 0 Å². The Bertz CT molecular complexity index is 381. The second-order valence-electron chi connectivity index (χ2n) is 3.18. The minimum absolute atomic E-state index is 0.558. The molecule has 0 radical (unpaired) electrons. The molecule has 0 saturated heterocycles. The molecule has 1 aromatic carbocycles. The first kappa shape index (κ1) is 10.7. The fraction of sp³-hybridized carbons (Fsp3) is 0.222. The Kier molecular flexibility index (Phi) is 3.09. The summed E-state index contributed by atoms with van der Waals surface area (Å²) in [5.74, 6) is 0. The summed E-state index contributed by atoms with van der Waals surface area (Å²) < 4.78 is 12.6. The van der Waals surface area contributed by atoms with E-state index in [0.717, 1.165) is 16.1 Å². The number of carbonyl (C=O) groups is 1. The normalized spacial score (nSPS) is 11.3. The summed E-state index contributed by atoms with van der Waals surface area (Å²) in [6.45, 7) is 3.36. The summed E-state index contributed by atoms with van der Waals surface area (Å²) in [5, 5.41) is 0.720. The zero-order chi connectivity index (χ0) is 10.1. The van der Waals surface area contributed by atoms with Crippen molar-refractivity contribution in [2.24, 2.45) is 0 Å². The van der Waals surface area contributed by atoms with Crippen molar-refractivity contribution in [3.05, 3.63) is 28.2 Å². The Morgan fingerprint density at radius 3 is 2.46 bits per heavy atom. The van der Waals surface area contributed by atoms with Gasteiger partial charge in [0.1, 0.15) is 13.4 Å². The Labute approximate surface area is 85.8 Å². The molecule has 0 fully saturated rings. The second kappa shape index (κ2) is 3.77. The highest BCUT2D eigenvalue weighted by Gasteiger charge is 2.14. The standard InChI is InChI=1S/C9H10BrO2P/c1-13(2,12)9-5-7(6-11)3-4-8(9)10/h3-6H,1-2H3. The van der Waals surface area contributed by atoms with Crippen LogP contribution in [0, 0.1) is 0 Å². The van der Waals surface area contributed by atoms with Crippen LogP contribution in [0.2, 0.25) is 0 Å². The molecule has 0 bridgehead atoms. The molecule has 0 aromatic heterocycles. The Morgan fingerprint density at radius 1 is 1.38 bits per heavy atom. The predicted molar refractivity (Wildman–Crippen MR) is 58.6 cm³/mol. The number of aldehydes is 1. The fourth-order valence-corrected chi connectivity index (χ4v) is 3.59. The van der Waals surface area contributed by atoms with Crippen LogP contribution in [0.3, 0.4) is 0 Å². The summed E-state index contributed by atoms with van der Waals surface area (Å²) in [6.07, 6.45) is 0.756. The van der Waals surface area contributed by atoms with E-state index in [2.05, 4.69) is 15.9 Å². The van der Waals surface area contributed by atoms with Crippen LogP contribution in [-0.2, 0) is 4.57 Å². The summed E-state index contributed by atoms with van der Waals surface area (Å²) in [7, 11) is -2.30. The van der Waals surface area contributed by atoms with Crippen molar-refractivity contribution in [2.45, 2.75) is 0 Å². The molecular weight excluding hydrogens is 251 g/mol. The third-order valence-corrected chi connectivity index (χ3v) is 4.21.